The van der Waals surface area contributed by atoms with Crippen molar-refractivity contribution in [3.05, 3.63) is 35.6 Å². The Morgan fingerprint density at radius 2 is 2.25 bits per heavy atom. The van der Waals surface area contributed by atoms with Crippen LogP contribution in [0.15, 0.2) is 24.3 Å². The highest BCUT2D eigenvalue weighted by Crippen LogP contribution is 2.07. The predicted molar refractivity (Wildman–Crippen MR) is 80.6 cm³/mol. The van der Waals surface area contributed by atoms with Crippen molar-refractivity contribution >= 4 is 18.3 Å². The van der Waals surface area contributed by atoms with Crippen LogP contribution in [0.1, 0.15) is 31.2 Å². The van der Waals surface area contributed by atoms with Crippen molar-refractivity contribution in [1.29, 1.82) is 0 Å². The molecule has 1 aliphatic rings. The highest BCUT2D eigenvalue weighted by atomic mass is 35.5. The molecule has 5 heteroatoms. The van der Waals surface area contributed by atoms with Crippen LogP contribution in [-0.4, -0.2) is 25.0 Å². The zero-order valence-corrected chi connectivity index (χ0v) is 12.3. The van der Waals surface area contributed by atoms with Gasteiger partial charge in [-0.25, -0.2) is 4.39 Å². The van der Waals surface area contributed by atoms with Crippen molar-refractivity contribution < 1.29 is 9.18 Å². The average Bonchev–Trinajstić information content (AvgIpc) is 2.44. The highest BCUT2D eigenvalue weighted by molar-refractivity contribution is 5.85. The normalized spacial score (nSPS) is 18.1. The minimum Gasteiger partial charge on any atom is -0.355 e. The summed E-state index contributed by atoms with van der Waals surface area (Å²) in [5, 5.41) is 6.33. The fraction of sp³-hybridized carbons (Fsp3) is 0.533. The lowest BCUT2D eigenvalue weighted by Crippen LogP contribution is -2.43. The van der Waals surface area contributed by atoms with E-state index >= 15 is 0 Å². The number of piperidine rings is 1. The van der Waals surface area contributed by atoms with Crippen LogP contribution >= 0.6 is 12.4 Å². The smallest absolute Gasteiger partial charge is 0.220 e. The molecule has 1 saturated heterocycles. The van der Waals surface area contributed by atoms with E-state index in [9.17, 15) is 9.18 Å². The van der Waals surface area contributed by atoms with E-state index in [1.54, 1.807) is 6.07 Å². The monoisotopic (exact) mass is 300 g/mol. The molecule has 1 atom stereocenters. The lowest BCUT2D eigenvalue weighted by Gasteiger charge is -2.23. The molecule has 0 aromatic heterocycles. The Bertz CT molecular complexity index is 422. The van der Waals surface area contributed by atoms with E-state index in [2.05, 4.69) is 10.6 Å². The zero-order chi connectivity index (χ0) is 13.5. The predicted octanol–water partition coefficient (Wildman–Crippen LogP) is 2.44. The minimum atomic E-state index is -0.246. The van der Waals surface area contributed by atoms with Gasteiger partial charge in [-0.3, -0.25) is 4.79 Å². The summed E-state index contributed by atoms with van der Waals surface area (Å²) < 4.78 is 13.0. The third kappa shape index (κ3) is 5.88. The molecule has 1 heterocycles. The maximum absolute atomic E-state index is 13.0. The molecule has 2 N–H and O–H groups in total. The van der Waals surface area contributed by atoms with Crippen molar-refractivity contribution in [2.24, 2.45) is 0 Å². The summed E-state index contributed by atoms with van der Waals surface area (Å²) in [6.45, 7) is 1.74. The Labute approximate surface area is 125 Å². The second kappa shape index (κ2) is 8.93. The number of hydrogen-bond acceptors (Lipinski definition) is 2. The Balaban J connectivity index is 0.00000200. The molecule has 1 aromatic carbocycles. The number of carbonyl (C=O) groups excluding carboxylic acids is 1. The van der Waals surface area contributed by atoms with Crippen LogP contribution in [0.4, 0.5) is 4.39 Å². The van der Waals surface area contributed by atoms with Gasteiger partial charge in [0.1, 0.15) is 5.82 Å². The Morgan fingerprint density at radius 3 is 2.95 bits per heavy atom. The van der Waals surface area contributed by atoms with E-state index < -0.39 is 0 Å². The standard InChI is InChI=1S/C15H21FN2O.ClH/c16-13-5-3-4-12(10-13)7-8-15(19)18-11-14-6-1-2-9-17-14;/h3-5,10,14,17H,1-2,6-9,11H2,(H,18,19);1H. The number of nitrogens with one attached hydrogen (secondary N) is 2. The molecule has 1 fully saturated rings. The second-order valence-corrected chi connectivity index (χ2v) is 5.08. The molecule has 0 saturated carbocycles. The van der Waals surface area contributed by atoms with Crippen molar-refractivity contribution in [3.8, 4) is 0 Å². The lowest BCUT2D eigenvalue weighted by molar-refractivity contribution is -0.121. The van der Waals surface area contributed by atoms with Gasteiger partial charge in [-0.1, -0.05) is 18.6 Å². The number of hydrogen-bond donors (Lipinski definition) is 2. The zero-order valence-electron chi connectivity index (χ0n) is 11.5. The number of carbonyl (C=O) groups is 1. The van der Waals surface area contributed by atoms with Gasteiger partial charge in [-0.2, -0.15) is 0 Å². The summed E-state index contributed by atoms with van der Waals surface area (Å²) in [6, 6.07) is 6.83. The van der Waals surface area contributed by atoms with Crippen LogP contribution in [0.5, 0.6) is 0 Å². The first-order valence-corrected chi connectivity index (χ1v) is 6.98. The van der Waals surface area contributed by atoms with Crippen molar-refractivity contribution in [1.82, 2.24) is 10.6 Å². The van der Waals surface area contributed by atoms with E-state index in [0.29, 0.717) is 25.4 Å². The molecular formula is C15H22ClFN2O. The Morgan fingerprint density at radius 1 is 1.40 bits per heavy atom. The molecule has 0 radical (unpaired) electrons. The van der Waals surface area contributed by atoms with E-state index in [1.807, 2.05) is 6.07 Å². The SMILES string of the molecule is Cl.O=C(CCc1cccc(F)c1)NCC1CCCCN1. The number of rotatable bonds is 5. The third-order valence-electron chi connectivity index (χ3n) is 3.49. The molecule has 0 spiro atoms. The quantitative estimate of drug-likeness (QED) is 0.877. The largest absolute Gasteiger partial charge is 0.355 e. The van der Waals surface area contributed by atoms with Gasteiger partial charge in [0.2, 0.25) is 5.91 Å². The van der Waals surface area contributed by atoms with Gasteiger partial charge in [0.05, 0.1) is 0 Å². The number of amides is 1. The topological polar surface area (TPSA) is 41.1 Å². The van der Waals surface area contributed by atoms with Crippen LogP contribution in [0.2, 0.25) is 0 Å². The Hall–Kier alpha value is -1.13. The molecule has 3 nitrogen and oxygen atoms in total. The van der Waals surface area contributed by atoms with Crippen molar-refractivity contribution in [2.45, 2.75) is 38.1 Å². The second-order valence-electron chi connectivity index (χ2n) is 5.08. The van der Waals surface area contributed by atoms with Gasteiger partial charge in [0.15, 0.2) is 0 Å². The van der Waals surface area contributed by atoms with Crippen LogP contribution < -0.4 is 10.6 Å². The van der Waals surface area contributed by atoms with Crippen LogP contribution in [0.3, 0.4) is 0 Å². The molecule has 1 aromatic rings. The molecule has 1 aliphatic heterocycles. The van der Waals surface area contributed by atoms with Gasteiger partial charge in [0.25, 0.3) is 0 Å². The summed E-state index contributed by atoms with van der Waals surface area (Å²) in [5.41, 5.74) is 0.867. The molecule has 0 aliphatic carbocycles. The summed E-state index contributed by atoms with van der Waals surface area (Å²) in [5.74, 6) is -0.207. The maximum atomic E-state index is 13.0. The van der Waals surface area contributed by atoms with E-state index in [-0.39, 0.29) is 24.1 Å². The van der Waals surface area contributed by atoms with E-state index in [1.165, 1.54) is 25.0 Å². The first kappa shape index (κ1) is 16.9. The first-order chi connectivity index (χ1) is 9.24. The molecular weight excluding hydrogens is 279 g/mol. The van der Waals surface area contributed by atoms with Gasteiger partial charge in [0, 0.05) is 19.0 Å². The molecule has 1 unspecified atom stereocenters. The molecule has 2 rings (SSSR count). The van der Waals surface area contributed by atoms with Crippen molar-refractivity contribution in [2.75, 3.05) is 13.1 Å². The number of benzene rings is 1. The van der Waals surface area contributed by atoms with Crippen LogP contribution in [0, 0.1) is 5.82 Å². The molecule has 20 heavy (non-hydrogen) atoms. The van der Waals surface area contributed by atoms with E-state index in [4.69, 9.17) is 0 Å². The van der Waals surface area contributed by atoms with Crippen LogP contribution in [-0.2, 0) is 11.2 Å². The molecule has 112 valence electrons. The summed E-state index contributed by atoms with van der Waals surface area (Å²) in [7, 11) is 0. The molecule has 1 amide bonds. The summed E-state index contributed by atoms with van der Waals surface area (Å²) >= 11 is 0. The van der Waals surface area contributed by atoms with Gasteiger partial charge < -0.3 is 10.6 Å². The van der Waals surface area contributed by atoms with Gasteiger partial charge in [-0.15, -0.1) is 12.4 Å². The summed E-state index contributed by atoms with van der Waals surface area (Å²) in [6.07, 6.45) is 4.59. The average molecular weight is 301 g/mol. The lowest BCUT2D eigenvalue weighted by atomic mass is 10.0. The maximum Gasteiger partial charge on any atom is 0.220 e. The highest BCUT2D eigenvalue weighted by Gasteiger charge is 2.13. The van der Waals surface area contributed by atoms with Crippen LogP contribution in [0.25, 0.3) is 0 Å². The van der Waals surface area contributed by atoms with Gasteiger partial charge >= 0.3 is 0 Å². The van der Waals surface area contributed by atoms with Gasteiger partial charge in [-0.05, 0) is 43.5 Å². The fourth-order valence-corrected chi connectivity index (χ4v) is 2.37. The fourth-order valence-electron chi connectivity index (χ4n) is 2.37. The first-order valence-electron chi connectivity index (χ1n) is 6.98. The summed E-state index contributed by atoms with van der Waals surface area (Å²) in [4.78, 5) is 11.7. The minimum absolute atomic E-state index is 0. The number of aryl methyl sites for hydroxylation is 1. The molecule has 0 bridgehead atoms. The Kier molecular flexibility index (Phi) is 7.55. The van der Waals surface area contributed by atoms with E-state index in [0.717, 1.165) is 18.5 Å². The van der Waals surface area contributed by atoms with Crippen molar-refractivity contribution in [3.63, 3.8) is 0 Å². The number of halogens is 2. The third-order valence-corrected chi connectivity index (χ3v) is 3.49.